The number of pyridine rings is 1. The summed E-state index contributed by atoms with van der Waals surface area (Å²) in [5.74, 6) is 0. The van der Waals surface area contributed by atoms with Crippen molar-refractivity contribution < 1.29 is 21.6 Å². The molecule has 124 valence electrons. The van der Waals surface area contributed by atoms with Gasteiger partial charge in [0.25, 0.3) is 0 Å². The van der Waals surface area contributed by atoms with Gasteiger partial charge in [-0.1, -0.05) is 18.2 Å². The van der Waals surface area contributed by atoms with E-state index in [1.807, 2.05) is 0 Å². The van der Waals surface area contributed by atoms with Gasteiger partial charge in [0.05, 0.1) is 16.1 Å². The summed E-state index contributed by atoms with van der Waals surface area (Å²) in [6, 6.07) is 7.47. The second kappa shape index (κ2) is 6.19. The maximum Gasteiger partial charge on any atom is 0.419 e. The van der Waals surface area contributed by atoms with E-state index in [0.29, 0.717) is 11.3 Å². The Morgan fingerprint density at radius 3 is 2.48 bits per heavy atom. The Morgan fingerprint density at radius 1 is 1.22 bits per heavy atom. The third-order valence-electron chi connectivity index (χ3n) is 3.19. The zero-order valence-corrected chi connectivity index (χ0v) is 13.3. The summed E-state index contributed by atoms with van der Waals surface area (Å²) in [4.78, 5) is 3.75. The molecule has 0 atom stereocenters. The highest BCUT2D eigenvalue weighted by atomic mass is 32.2. The smallest absolute Gasteiger partial charge is 0.380 e. The van der Waals surface area contributed by atoms with Crippen molar-refractivity contribution in [3.8, 4) is 0 Å². The summed E-state index contributed by atoms with van der Waals surface area (Å²) in [6.07, 6.45) is -2.72. The number of hydrogen-bond acceptors (Lipinski definition) is 4. The second-order valence-electron chi connectivity index (χ2n) is 5.10. The summed E-state index contributed by atoms with van der Waals surface area (Å²) in [7, 11) is -3.46. The van der Waals surface area contributed by atoms with E-state index in [1.165, 1.54) is 12.1 Å². The van der Waals surface area contributed by atoms with Gasteiger partial charge >= 0.3 is 6.18 Å². The average Bonchev–Trinajstić information content (AvgIpc) is 2.43. The van der Waals surface area contributed by atoms with Crippen LogP contribution in [0.3, 0.4) is 0 Å². The van der Waals surface area contributed by atoms with Gasteiger partial charge in [0.2, 0.25) is 0 Å². The molecule has 0 aliphatic carbocycles. The molecule has 2 aromatic rings. The number of halogens is 3. The lowest BCUT2D eigenvalue weighted by atomic mass is 10.1. The topological polar surface area (TPSA) is 59.1 Å². The number of nitrogens with zero attached hydrogens (tertiary/aromatic N) is 1. The van der Waals surface area contributed by atoms with Gasteiger partial charge in [-0.05, 0) is 24.6 Å². The lowest BCUT2D eigenvalue weighted by molar-refractivity contribution is -0.137. The van der Waals surface area contributed by atoms with E-state index in [4.69, 9.17) is 0 Å². The highest BCUT2D eigenvalue weighted by Crippen LogP contribution is 2.34. The number of anilines is 1. The number of rotatable bonds is 4. The van der Waals surface area contributed by atoms with Crippen LogP contribution in [0.2, 0.25) is 0 Å². The van der Waals surface area contributed by atoms with Gasteiger partial charge in [0.1, 0.15) is 0 Å². The van der Waals surface area contributed by atoms with E-state index in [-0.39, 0.29) is 17.1 Å². The van der Waals surface area contributed by atoms with Crippen molar-refractivity contribution in [2.75, 3.05) is 11.6 Å². The molecule has 1 aromatic heterocycles. The minimum Gasteiger partial charge on any atom is -0.380 e. The predicted molar refractivity (Wildman–Crippen MR) is 80.9 cm³/mol. The maximum absolute atomic E-state index is 13.0. The molecular weight excluding hydrogens is 329 g/mol. The molecule has 4 nitrogen and oxygen atoms in total. The molecule has 0 aliphatic rings. The van der Waals surface area contributed by atoms with E-state index < -0.39 is 21.6 Å². The second-order valence-corrected chi connectivity index (χ2v) is 7.09. The fourth-order valence-corrected chi connectivity index (χ4v) is 3.08. The molecule has 0 amide bonds. The van der Waals surface area contributed by atoms with Gasteiger partial charge in [0, 0.05) is 24.7 Å². The number of hydrogen-bond donors (Lipinski definition) is 1. The highest BCUT2D eigenvalue weighted by Gasteiger charge is 2.34. The third kappa shape index (κ3) is 4.22. The molecule has 0 fully saturated rings. The number of alkyl halides is 3. The van der Waals surface area contributed by atoms with Gasteiger partial charge in [-0.3, -0.25) is 4.98 Å². The van der Waals surface area contributed by atoms with Crippen molar-refractivity contribution in [1.29, 1.82) is 0 Å². The minimum absolute atomic E-state index is 0.0459. The largest absolute Gasteiger partial charge is 0.419 e. The predicted octanol–water partition coefficient (Wildman–Crippen LogP) is 3.42. The van der Waals surface area contributed by atoms with Crippen LogP contribution in [0.25, 0.3) is 0 Å². The van der Waals surface area contributed by atoms with E-state index in [9.17, 15) is 21.6 Å². The van der Waals surface area contributed by atoms with Crippen LogP contribution in [0.5, 0.6) is 0 Å². The standard InChI is InChI=1S/C15H15F3N2O2S/c1-10-7-13(12(9-19-10)15(16,17)18)20-8-11-5-3-4-6-14(11)23(2,21)22/h3-7,9H,8H2,1-2H3,(H,19,20). The molecule has 1 N–H and O–H groups in total. The fourth-order valence-electron chi connectivity index (χ4n) is 2.13. The van der Waals surface area contributed by atoms with Crippen LogP contribution in [0.15, 0.2) is 41.4 Å². The summed E-state index contributed by atoms with van der Waals surface area (Å²) in [5, 5.41) is 2.66. The molecule has 1 aromatic carbocycles. The van der Waals surface area contributed by atoms with Gasteiger partial charge in [-0.2, -0.15) is 13.2 Å². The SMILES string of the molecule is Cc1cc(NCc2ccccc2S(C)(=O)=O)c(C(F)(F)F)cn1. The quantitative estimate of drug-likeness (QED) is 0.923. The third-order valence-corrected chi connectivity index (χ3v) is 4.38. The number of benzene rings is 1. The first-order valence-electron chi connectivity index (χ1n) is 6.64. The van der Waals surface area contributed by atoms with Gasteiger partial charge < -0.3 is 5.32 Å². The Hall–Kier alpha value is -2.09. The molecule has 0 spiro atoms. The molecule has 0 unspecified atom stereocenters. The molecule has 0 bridgehead atoms. The van der Waals surface area contributed by atoms with Gasteiger partial charge in [0.15, 0.2) is 9.84 Å². The van der Waals surface area contributed by atoms with Crippen LogP contribution in [-0.4, -0.2) is 19.7 Å². The molecule has 0 radical (unpaired) electrons. The summed E-state index contributed by atoms with van der Waals surface area (Å²) in [6.45, 7) is 1.53. The fraction of sp³-hybridized carbons (Fsp3) is 0.267. The maximum atomic E-state index is 13.0. The summed E-state index contributed by atoms with van der Waals surface area (Å²) in [5.41, 5.74) is -0.192. The van der Waals surface area contributed by atoms with Crippen LogP contribution in [0.4, 0.5) is 18.9 Å². The van der Waals surface area contributed by atoms with Gasteiger partial charge in [-0.15, -0.1) is 0 Å². The molecule has 23 heavy (non-hydrogen) atoms. The first-order chi connectivity index (χ1) is 10.6. The lowest BCUT2D eigenvalue weighted by Crippen LogP contribution is -2.13. The van der Waals surface area contributed by atoms with E-state index in [2.05, 4.69) is 10.3 Å². The molecule has 0 saturated heterocycles. The number of aromatic nitrogens is 1. The molecule has 0 saturated carbocycles. The molecular formula is C15H15F3N2O2S. The molecule has 8 heteroatoms. The Labute approximate surface area is 132 Å². The zero-order valence-electron chi connectivity index (χ0n) is 12.5. The molecule has 1 heterocycles. The van der Waals surface area contributed by atoms with Crippen molar-refractivity contribution in [1.82, 2.24) is 4.98 Å². The Balaban J connectivity index is 2.35. The van der Waals surface area contributed by atoms with Crippen LogP contribution in [0.1, 0.15) is 16.8 Å². The van der Waals surface area contributed by atoms with Crippen LogP contribution in [0, 0.1) is 6.92 Å². The Morgan fingerprint density at radius 2 is 1.87 bits per heavy atom. The van der Waals surface area contributed by atoms with Crippen LogP contribution >= 0.6 is 0 Å². The molecule has 0 aliphatic heterocycles. The van der Waals surface area contributed by atoms with Gasteiger partial charge in [-0.25, -0.2) is 8.42 Å². The number of sulfone groups is 1. The van der Waals surface area contributed by atoms with Crippen LogP contribution in [-0.2, 0) is 22.6 Å². The zero-order chi connectivity index (χ0) is 17.3. The minimum atomic E-state index is -4.54. The van der Waals surface area contributed by atoms with Crippen molar-refractivity contribution in [3.05, 3.63) is 53.3 Å². The van der Waals surface area contributed by atoms with E-state index in [0.717, 1.165) is 12.5 Å². The highest BCUT2D eigenvalue weighted by molar-refractivity contribution is 7.90. The van der Waals surface area contributed by atoms with Crippen molar-refractivity contribution in [2.45, 2.75) is 24.5 Å². The van der Waals surface area contributed by atoms with Crippen molar-refractivity contribution in [2.24, 2.45) is 0 Å². The lowest BCUT2D eigenvalue weighted by Gasteiger charge is -2.16. The average molecular weight is 344 g/mol. The molecule has 2 rings (SSSR count). The monoisotopic (exact) mass is 344 g/mol. The summed E-state index contributed by atoms with van der Waals surface area (Å²) < 4.78 is 62.5. The first-order valence-corrected chi connectivity index (χ1v) is 8.54. The summed E-state index contributed by atoms with van der Waals surface area (Å²) >= 11 is 0. The number of aryl methyl sites for hydroxylation is 1. The number of nitrogens with one attached hydrogen (secondary N) is 1. The Kier molecular flexibility index (Phi) is 4.65. The van der Waals surface area contributed by atoms with Crippen LogP contribution < -0.4 is 5.32 Å². The Bertz CT molecular complexity index is 818. The van der Waals surface area contributed by atoms with Crippen molar-refractivity contribution in [3.63, 3.8) is 0 Å². The normalized spacial score (nSPS) is 12.2. The van der Waals surface area contributed by atoms with Crippen molar-refractivity contribution >= 4 is 15.5 Å². The first kappa shape index (κ1) is 17.3. The van der Waals surface area contributed by atoms with E-state index >= 15 is 0 Å². The van der Waals surface area contributed by atoms with E-state index in [1.54, 1.807) is 25.1 Å².